The van der Waals surface area contributed by atoms with Crippen LogP contribution in [0.4, 0.5) is 0 Å². The Hall–Kier alpha value is -1.28. The number of hydrogen-bond acceptors (Lipinski definition) is 5. The first-order valence-electron chi connectivity index (χ1n) is 7.11. The van der Waals surface area contributed by atoms with Crippen molar-refractivity contribution in [3.63, 3.8) is 0 Å². The van der Waals surface area contributed by atoms with Gasteiger partial charge in [0.2, 0.25) is 0 Å². The van der Waals surface area contributed by atoms with E-state index in [9.17, 15) is 14.7 Å². The van der Waals surface area contributed by atoms with Crippen LogP contribution in [0.5, 0.6) is 0 Å². The third kappa shape index (κ3) is 3.47. The van der Waals surface area contributed by atoms with E-state index in [1.807, 2.05) is 0 Å². The van der Waals surface area contributed by atoms with Crippen molar-refractivity contribution in [2.24, 2.45) is 0 Å². The predicted octanol–water partition coefficient (Wildman–Crippen LogP) is 1.92. The fourth-order valence-corrected chi connectivity index (χ4v) is 3.07. The number of carbonyl (C=O) groups is 1. The molecule has 0 spiro atoms. The summed E-state index contributed by atoms with van der Waals surface area (Å²) in [6.07, 6.45) is 0.836. The number of aliphatic hydroxyl groups excluding tert-OH is 1. The summed E-state index contributed by atoms with van der Waals surface area (Å²) in [5.74, 6) is -0.192. The number of hydrogen-bond donors (Lipinski definition) is 1. The molecule has 122 valence electrons. The van der Waals surface area contributed by atoms with E-state index in [2.05, 4.69) is 20.9 Å². The molecule has 0 saturated carbocycles. The van der Waals surface area contributed by atoms with Gasteiger partial charge in [-0.05, 0) is 34.5 Å². The van der Waals surface area contributed by atoms with E-state index >= 15 is 0 Å². The van der Waals surface area contributed by atoms with Gasteiger partial charge in [-0.2, -0.15) is 0 Å². The molecule has 1 aliphatic rings. The monoisotopic (exact) mass is 400 g/mol. The molecule has 6 nitrogen and oxygen atoms in total. The van der Waals surface area contributed by atoms with E-state index in [1.54, 1.807) is 6.07 Å². The Bertz CT molecular complexity index is 823. The Morgan fingerprint density at radius 2 is 2.30 bits per heavy atom. The number of benzene rings is 1. The number of halogens is 2. The van der Waals surface area contributed by atoms with Crippen LogP contribution in [-0.2, 0) is 16.1 Å². The van der Waals surface area contributed by atoms with Crippen molar-refractivity contribution >= 4 is 44.2 Å². The number of Topliss-reactive ketones (excluding diaryl/α,β-unsaturated/α-hetero) is 1. The van der Waals surface area contributed by atoms with Gasteiger partial charge < -0.3 is 9.84 Å². The predicted molar refractivity (Wildman–Crippen MR) is 88.7 cm³/mol. The van der Waals surface area contributed by atoms with Crippen LogP contribution in [-0.4, -0.2) is 39.3 Å². The SMILES string of the molecule is O=C(CC1OCCC1O)Cn1cnc2cc(Br)c(Cl)cc2c1=O. The van der Waals surface area contributed by atoms with Gasteiger partial charge in [-0.15, -0.1) is 0 Å². The summed E-state index contributed by atoms with van der Waals surface area (Å²) in [6, 6.07) is 3.19. The average molecular weight is 402 g/mol. The third-order valence-corrected chi connectivity index (χ3v) is 5.01. The maximum absolute atomic E-state index is 12.4. The number of fused-ring (bicyclic) bond motifs is 1. The second-order valence-corrected chi connectivity index (χ2v) is 6.73. The maximum Gasteiger partial charge on any atom is 0.261 e. The molecule has 1 aromatic heterocycles. The normalized spacial score (nSPS) is 21.0. The highest BCUT2D eigenvalue weighted by Crippen LogP contribution is 2.25. The molecule has 8 heteroatoms. The standard InChI is InChI=1S/C15H14BrClN2O4/c16-10-5-12-9(4-11(10)17)15(22)19(7-18-12)6-8(20)3-14-13(21)1-2-23-14/h4-5,7,13-14,21H,1-3,6H2. The third-order valence-electron chi connectivity index (χ3n) is 3.82. The fraction of sp³-hybridized carbons (Fsp3) is 0.400. The topological polar surface area (TPSA) is 81.4 Å². The van der Waals surface area contributed by atoms with Gasteiger partial charge in [-0.25, -0.2) is 4.98 Å². The van der Waals surface area contributed by atoms with E-state index in [1.165, 1.54) is 17.0 Å². The molecule has 1 saturated heterocycles. The molecule has 1 N–H and O–H groups in total. The number of aromatic nitrogens is 2. The molecular formula is C15H14BrClN2O4. The van der Waals surface area contributed by atoms with Crippen LogP contribution in [0.25, 0.3) is 10.9 Å². The number of nitrogens with zero attached hydrogens (tertiary/aromatic N) is 2. The minimum atomic E-state index is -0.624. The maximum atomic E-state index is 12.4. The van der Waals surface area contributed by atoms with Crippen LogP contribution >= 0.6 is 27.5 Å². The lowest BCUT2D eigenvalue weighted by molar-refractivity contribution is -0.123. The highest BCUT2D eigenvalue weighted by atomic mass is 79.9. The molecule has 23 heavy (non-hydrogen) atoms. The van der Waals surface area contributed by atoms with E-state index in [4.69, 9.17) is 16.3 Å². The van der Waals surface area contributed by atoms with Crippen molar-refractivity contribution in [1.82, 2.24) is 9.55 Å². The van der Waals surface area contributed by atoms with Crippen molar-refractivity contribution in [3.8, 4) is 0 Å². The van der Waals surface area contributed by atoms with Gasteiger partial charge in [0.25, 0.3) is 5.56 Å². The molecule has 2 unspecified atom stereocenters. The van der Waals surface area contributed by atoms with Crippen molar-refractivity contribution in [2.75, 3.05) is 6.61 Å². The quantitative estimate of drug-likeness (QED) is 0.846. The van der Waals surface area contributed by atoms with Gasteiger partial charge in [0.1, 0.15) is 0 Å². The number of rotatable bonds is 4. The minimum absolute atomic E-state index is 0.0761. The van der Waals surface area contributed by atoms with Gasteiger partial charge in [-0.3, -0.25) is 14.2 Å². The highest BCUT2D eigenvalue weighted by Gasteiger charge is 2.28. The van der Waals surface area contributed by atoms with Crippen molar-refractivity contribution < 1.29 is 14.6 Å². The van der Waals surface area contributed by atoms with Gasteiger partial charge in [0.15, 0.2) is 5.78 Å². The molecule has 3 rings (SSSR count). The Morgan fingerprint density at radius 1 is 1.52 bits per heavy atom. The number of aliphatic hydroxyl groups is 1. The summed E-state index contributed by atoms with van der Waals surface area (Å²) in [6.45, 7) is 0.339. The second kappa shape index (κ2) is 6.68. The fourth-order valence-electron chi connectivity index (χ4n) is 2.58. The number of ether oxygens (including phenoxy) is 1. The summed E-state index contributed by atoms with van der Waals surface area (Å²) in [5.41, 5.74) is 0.176. The molecule has 2 aromatic rings. The van der Waals surface area contributed by atoms with Crippen LogP contribution in [0.3, 0.4) is 0 Å². The van der Waals surface area contributed by atoms with Crippen molar-refractivity contribution in [2.45, 2.75) is 31.6 Å². The van der Waals surface area contributed by atoms with E-state index in [-0.39, 0.29) is 24.3 Å². The zero-order valence-electron chi connectivity index (χ0n) is 12.0. The van der Waals surface area contributed by atoms with E-state index in [0.29, 0.717) is 33.4 Å². The molecule has 0 aliphatic carbocycles. The summed E-state index contributed by atoms with van der Waals surface area (Å²) in [5, 5.41) is 10.4. The summed E-state index contributed by atoms with van der Waals surface area (Å²) < 4.78 is 7.21. The zero-order chi connectivity index (χ0) is 16.6. The molecule has 0 bridgehead atoms. The molecule has 1 aliphatic heterocycles. The largest absolute Gasteiger partial charge is 0.390 e. The summed E-state index contributed by atoms with van der Waals surface area (Å²) in [7, 11) is 0. The van der Waals surface area contributed by atoms with Gasteiger partial charge in [-0.1, -0.05) is 11.6 Å². The second-order valence-electron chi connectivity index (χ2n) is 5.47. The van der Waals surface area contributed by atoms with Crippen molar-refractivity contribution in [1.29, 1.82) is 0 Å². The van der Waals surface area contributed by atoms with E-state index < -0.39 is 12.2 Å². The highest BCUT2D eigenvalue weighted by molar-refractivity contribution is 9.10. The molecular weight excluding hydrogens is 388 g/mol. The van der Waals surface area contributed by atoms with Crippen LogP contribution < -0.4 is 5.56 Å². The van der Waals surface area contributed by atoms with Crippen LogP contribution in [0.2, 0.25) is 5.02 Å². The summed E-state index contributed by atoms with van der Waals surface area (Å²) in [4.78, 5) is 28.7. The smallest absolute Gasteiger partial charge is 0.261 e. The molecule has 0 radical (unpaired) electrons. The molecule has 0 amide bonds. The molecule has 2 heterocycles. The van der Waals surface area contributed by atoms with Gasteiger partial charge in [0.05, 0.1) is 41.0 Å². The van der Waals surface area contributed by atoms with Gasteiger partial charge >= 0.3 is 0 Å². The first-order valence-corrected chi connectivity index (χ1v) is 8.28. The number of ketones is 1. The van der Waals surface area contributed by atoms with Crippen LogP contribution in [0, 0.1) is 0 Å². The van der Waals surface area contributed by atoms with Crippen molar-refractivity contribution in [3.05, 3.63) is 38.3 Å². The van der Waals surface area contributed by atoms with E-state index in [0.717, 1.165) is 0 Å². The lowest BCUT2D eigenvalue weighted by Crippen LogP contribution is -2.29. The first kappa shape index (κ1) is 16.6. The van der Waals surface area contributed by atoms with Crippen LogP contribution in [0.1, 0.15) is 12.8 Å². The lowest BCUT2D eigenvalue weighted by Gasteiger charge is -2.13. The minimum Gasteiger partial charge on any atom is -0.390 e. The Morgan fingerprint density at radius 3 is 3.00 bits per heavy atom. The summed E-state index contributed by atoms with van der Waals surface area (Å²) >= 11 is 9.29. The average Bonchev–Trinajstić information content (AvgIpc) is 2.89. The first-order chi connectivity index (χ1) is 11.0. The molecule has 1 aromatic carbocycles. The van der Waals surface area contributed by atoms with Gasteiger partial charge in [0, 0.05) is 17.5 Å². The molecule has 2 atom stereocenters. The van der Waals surface area contributed by atoms with Crippen LogP contribution in [0.15, 0.2) is 27.7 Å². The Kier molecular flexibility index (Phi) is 4.82. The molecule has 1 fully saturated rings. The zero-order valence-corrected chi connectivity index (χ0v) is 14.4. The Balaban J connectivity index is 1.83. The Labute approximate surface area is 145 Å². The lowest BCUT2D eigenvalue weighted by atomic mass is 10.1. The number of carbonyl (C=O) groups excluding carboxylic acids is 1.